The van der Waals surface area contributed by atoms with Crippen LogP contribution in [0.25, 0.3) is 0 Å². The first kappa shape index (κ1) is 13.2. The monoisotopic (exact) mass is 236 g/mol. The number of rotatable bonds is 4. The average Bonchev–Trinajstić information content (AvgIpc) is 2.35. The maximum Gasteiger partial charge on any atom is 0.337 e. The number of hydrogen-bond donors (Lipinski definition) is 0. The molecule has 4 heteroatoms. The van der Waals surface area contributed by atoms with Gasteiger partial charge in [-0.05, 0) is 17.7 Å². The largest absolute Gasteiger partial charge is 0.465 e. The van der Waals surface area contributed by atoms with Crippen LogP contribution in [-0.2, 0) is 20.9 Å². The third-order valence-electron chi connectivity index (χ3n) is 2.23. The highest BCUT2D eigenvalue weighted by molar-refractivity contribution is 5.89. The number of hydrogen-bond acceptors (Lipinski definition) is 4. The highest BCUT2D eigenvalue weighted by atomic mass is 16.5. The number of benzene rings is 1. The number of methoxy groups -OCH3 is 1. The summed E-state index contributed by atoms with van der Waals surface area (Å²) < 4.78 is 9.64. The van der Waals surface area contributed by atoms with Crippen LogP contribution in [-0.4, -0.2) is 19.0 Å². The Morgan fingerprint density at radius 2 is 1.76 bits per heavy atom. The lowest BCUT2D eigenvalue weighted by molar-refractivity contribution is -0.148. The van der Waals surface area contributed by atoms with E-state index in [1.807, 2.05) is 0 Å². The molecule has 1 aromatic rings. The van der Waals surface area contributed by atoms with Crippen molar-refractivity contribution in [1.82, 2.24) is 0 Å². The minimum atomic E-state index is -0.379. The van der Waals surface area contributed by atoms with Gasteiger partial charge in [0.15, 0.2) is 0 Å². The summed E-state index contributed by atoms with van der Waals surface area (Å²) in [4.78, 5) is 22.4. The maximum atomic E-state index is 11.2. The highest BCUT2D eigenvalue weighted by Gasteiger charge is 2.09. The molecule has 1 aromatic carbocycles. The van der Waals surface area contributed by atoms with Gasteiger partial charge in [-0.25, -0.2) is 4.79 Å². The molecule has 0 saturated carbocycles. The van der Waals surface area contributed by atoms with Gasteiger partial charge in [0.05, 0.1) is 18.6 Å². The summed E-state index contributed by atoms with van der Waals surface area (Å²) in [6, 6.07) is 6.76. The van der Waals surface area contributed by atoms with E-state index in [1.165, 1.54) is 7.11 Å². The van der Waals surface area contributed by atoms with Crippen LogP contribution < -0.4 is 0 Å². The molecule has 0 saturated heterocycles. The Morgan fingerprint density at radius 3 is 2.24 bits per heavy atom. The van der Waals surface area contributed by atoms with Crippen LogP contribution in [0.4, 0.5) is 0 Å². The van der Waals surface area contributed by atoms with Crippen molar-refractivity contribution in [2.75, 3.05) is 7.11 Å². The SMILES string of the molecule is COC(=O)c1ccc(COC(=O)C(C)C)cc1. The summed E-state index contributed by atoms with van der Waals surface area (Å²) >= 11 is 0. The lowest BCUT2D eigenvalue weighted by atomic mass is 10.1. The molecule has 0 atom stereocenters. The fraction of sp³-hybridized carbons (Fsp3) is 0.385. The van der Waals surface area contributed by atoms with Crippen LogP contribution in [0, 0.1) is 5.92 Å². The van der Waals surface area contributed by atoms with Gasteiger partial charge in [-0.1, -0.05) is 26.0 Å². The molecule has 17 heavy (non-hydrogen) atoms. The molecule has 0 aromatic heterocycles. The molecule has 0 aliphatic rings. The number of ether oxygens (including phenoxy) is 2. The summed E-state index contributed by atoms with van der Waals surface area (Å²) in [6.45, 7) is 3.78. The van der Waals surface area contributed by atoms with Gasteiger partial charge >= 0.3 is 11.9 Å². The molecule has 0 aliphatic heterocycles. The highest BCUT2D eigenvalue weighted by Crippen LogP contribution is 2.08. The van der Waals surface area contributed by atoms with E-state index >= 15 is 0 Å². The van der Waals surface area contributed by atoms with Crippen molar-refractivity contribution in [1.29, 1.82) is 0 Å². The second-order valence-corrected chi connectivity index (χ2v) is 3.95. The van der Waals surface area contributed by atoms with Gasteiger partial charge < -0.3 is 9.47 Å². The third kappa shape index (κ3) is 3.90. The molecule has 0 aliphatic carbocycles. The van der Waals surface area contributed by atoms with E-state index in [0.717, 1.165) is 5.56 Å². The van der Waals surface area contributed by atoms with E-state index < -0.39 is 0 Å². The van der Waals surface area contributed by atoms with Crippen LogP contribution >= 0.6 is 0 Å². The Balaban J connectivity index is 2.57. The number of carbonyl (C=O) groups is 2. The van der Waals surface area contributed by atoms with Crippen LogP contribution in [0.2, 0.25) is 0 Å². The van der Waals surface area contributed by atoms with Gasteiger partial charge in [0.1, 0.15) is 6.61 Å². The molecule has 0 N–H and O–H groups in total. The molecule has 1 rings (SSSR count). The summed E-state index contributed by atoms with van der Waals surface area (Å²) in [6.07, 6.45) is 0. The smallest absolute Gasteiger partial charge is 0.337 e. The van der Waals surface area contributed by atoms with E-state index in [4.69, 9.17) is 4.74 Å². The molecule has 0 spiro atoms. The Labute approximate surface area is 101 Å². The summed E-state index contributed by atoms with van der Waals surface area (Å²) in [5.41, 5.74) is 1.32. The van der Waals surface area contributed by atoms with Crippen LogP contribution in [0.1, 0.15) is 29.8 Å². The molecule has 0 bridgehead atoms. The molecule has 0 fully saturated rings. The van der Waals surface area contributed by atoms with Gasteiger partial charge in [-0.3, -0.25) is 4.79 Å². The lowest BCUT2D eigenvalue weighted by Crippen LogP contribution is -2.11. The zero-order valence-electron chi connectivity index (χ0n) is 10.2. The molecule has 0 amide bonds. The minimum absolute atomic E-state index is 0.135. The molecular formula is C13H16O4. The summed E-state index contributed by atoms with van der Waals surface area (Å²) in [5.74, 6) is -0.748. The molecular weight excluding hydrogens is 220 g/mol. The predicted molar refractivity (Wildman–Crippen MR) is 62.4 cm³/mol. The molecule has 92 valence electrons. The standard InChI is InChI=1S/C13H16O4/c1-9(2)12(14)17-8-10-4-6-11(7-5-10)13(15)16-3/h4-7,9H,8H2,1-3H3. The Kier molecular flexibility index (Phi) is 4.69. The third-order valence-corrected chi connectivity index (χ3v) is 2.23. The molecule has 0 radical (unpaired) electrons. The van der Waals surface area contributed by atoms with Crippen molar-refractivity contribution in [3.63, 3.8) is 0 Å². The molecule has 0 heterocycles. The Hall–Kier alpha value is -1.84. The molecule has 0 unspecified atom stereocenters. The minimum Gasteiger partial charge on any atom is -0.465 e. The second kappa shape index (κ2) is 6.03. The van der Waals surface area contributed by atoms with Gasteiger partial charge in [0, 0.05) is 0 Å². The Morgan fingerprint density at radius 1 is 1.18 bits per heavy atom. The average molecular weight is 236 g/mol. The first-order valence-electron chi connectivity index (χ1n) is 5.38. The summed E-state index contributed by atoms with van der Waals surface area (Å²) in [5, 5.41) is 0. The van der Waals surface area contributed by atoms with Crippen molar-refractivity contribution < 1.29 is 19.1 Å². The van der Waals surface area contributed by atoms with Gasteiger partial charge in [-0.2, -0.15) is 0 Å². The van der Waals surface area contributed by atoms with E-state index in [2.05, 4.69) is 4.74 Å². The number of carbonyl (C=O) groups excluding carboxylic acids is 2. The zero-order chi connectivity index (χ0) is 12.8. The van der Waals surface area contributed by atoms with Gasteiger partial charge in [0.2, 0.25) is 0 Å². The van der Waals surface area contributed by atoms with E-state index in [0.29, 0.717) is 5.56 Å². The van der Waals surface area contributed by atoms with E-state index in [-0.39, 0.29) is 24.5 Å². The second-order valence-electron chi connectivity index (χ2n) is 3.95. The maximum absolute atomic E-state index is 11.2. The first-order chi connectivity index (χ1) is 8.04. The van der Waals surface area contributed by atoms with Crippen molar-refractivity contribution in [3.05, 3.63) is 35.4 Å². The lowest BCUT2D eigenvalue weighted by Gasteiger charge is -2.07. The zero-order valence-corrected chi connectivity index (χ0v) is 10.2. The molecule has 4 nitrogen and oxygen atoms in total. The quantitative estimate of drug-likeness (QED) is 0.752. The van der Waals surface area contributed by atoms with Crippen molar-refractivity contribution >= 4 is 11.9 Å². The van der Waals surface area contributed by atoms with Crippen LogP contribution in [0.3, 0.4) is 0 Å². The van der Waals surface area contributed by atoms with Gasteiger partial charge in [0.25, 0.3) is 0 Å². The van der Waals surface area contributed by atoms with Crippen LogP contribution in [0.15, 0.2) is 24.3 Å². The van der Waals surface area contributed by atoms with Crippen molar-refractivity contribution in [2.45, 2.75) is 20.5 Å². The predicted octanol–water partition coefficient (Wildman–Crippen LogP) is 2.17. The summed E-state index contributed by atoms with van der Waals surface area (Å²) in [7, 11) is 1.33. The van der Waals surface area contributed by atoms with Crippen LogP contribution in [0.5, 0.6) is 0 Å². The van der Waals surface area contributed by atoms with E-state index in [9.17, 15) is 9.59 Å². The number of esters is 2. The van der Waals surface area contributed by atoms with Crippen molar-refractivity contribution in [3.8, 4) is 0 Å². The van der Waals surface area contributed by atoms with E-state index in [1.54, 1.807) is 38.1 Å². The van der Waals surface area contributed by atoms with Gasteiger partial charge in [-0.15, -0.1) is 0 Å². The van der Waals surface area contributed by atoms with Crippen molar-refractivity contribution in [2.24, 2.45) is 5.92 Å². The topological polar surface area (TPSA) is 52.6 Å². The Bertz CT molecular complexity index is 392. The normalized spacial score (nSPS) is 10.1. The fourth-order valence-corrected chi connectivity index (χ4v) is 1.18. The fourth-order valence-electron chi connectivity index (χ4n) is 1.18. The first-order valence-corrected chi connectivity index (χ1v) is 5.38.